The lowest BCUT2D eigenvalue weighted by Crippen LogP contribution is -2.36. The third kappa shape index (κ3) is 5.27. The number of hydrogen-bond acceptors (Lipinski definition) is 5. The molecule has 0 bridgehead atoms. The molecular formula is C12H23N5O2. The Labute approximate surface area is 113 Å². The number of aromatic nitrogens is 2. The van der Waals surface area contributed by atoms with E-state index in [0.29, 0.717) is 31.2 Å². The first kappa shape index (κ1) is 15.5. The number of nitrogens with zero attached hydrogens (tertiary/aromatic N) is 3. The van der Waals surface area contributed by atoms with Crippen molar-refractivity contribution in [3.8, 4) is 0 Å². The Morgan fingerprint density at radius 2 is 2.16 bits per heavy atom. The molecule has 0 aliphatic heterocycles. The van der Waals surface area contributed by atoms with E-state index < -0.39 is 0 Å². The summed E-state index contributed by atoms with van der Waals surface area (Å²) in [5, 5.41) is 6.42. The van der Waals surface area contributed by atoms with Crippen LogP contribution in [0.25, 0.3) is 0 Å². The molecule has 0 unspecified atom stereocenters. The topological polar surface area (TPSA) is 87.5 Å². The molecule has 0 aromatic carbocycles. The summed E-state index contributed by atoms with van der Waals surface area (Å²) in [6.45, 7) is 2.68. The Bertz CT molecular complexity index is 391. The van der Waals surface area contributed by atoms with Gasteiger partial charge in [0.25, 0.3) is 5.91 Å². The molecule has 1 rings (SSSR count). The van der Waals surface area contributed by atoms with Crippen molar-refractivity contribution in [3.05, 3.63) is 11.8 Å². The zero-order valence-electron chi connectivity index (χ0n) is 11.8. The number of carbonyl (C=O) groups excluding carboxylic acids is 1. The Balaban J connectivity index is 2.59. The number of aromatic amines is 1. The molecule has 0 atom stereocenters. The summed E-state index contributed by atoms with van der Waals surface area (Å²) in [6, 6.07) is 1.55. The van der Waals surface area contributed by atoms with Gasteiger partial charge in [-0.1, -0.05) is 0 Å². The average Bonchev–Trinajstić information content (AvgIpc) is 2.79. The second-order valence-electron chi connectivity index (χ2n) is 4.65. The first-order chi connectivity index (χ1) is 9.04. The van der Waals surface area contributed by atoms with Crippen LogP contribution in [0.1, 0.15) is 16.9 Å². The highest BCUT2D eigenvalue weighted by molar-refractivity contribution is 5.92. The number of H-pyrrole nitrogens is 1. The van der Waals surface area contributed by atoms with E-state index in [1.54, 1.807) is 18.1 Å². The summed E-state index contributed by atoms with van der Waals surface area (Å²) in [4.78, 5) is 16.1. The van der Waals surface area contributed by atoms with Gasteiger partial charge in [-0.15, -0.1) is 0 Å². The van der Waals surface area contributed by atoms with Gasteiger partial charge in [-0.3, -0.25) is 9.89 Å². The highest BCUT2D eigenvalue weighted by atomic mass is 16.5. The van der Waals surface area contributed by atoms with E-state index in [1.807, 2.05) is 14.1 Å². The van der Waals surface area contributed by atoms with Gasteiger partial charge >= 0.3 is 0 Å². The molecule has 0 radical (unpaired) electrons. The summed E-state index contributed by atoms with van der Waals surface area (Å²) in [5.74, 6) is 0.225. The van der Waals surface area contributed by atoms with Crippen molar-refractivity contribution >= 4 is 11.7 Å². The maximum Gasteiger partial charge on any atom is 0.272 e. The monoisotopic (exact) mass is 269 g/mol. The first-order valence-corrected chi connectivity index (χ1v) is 6.28. The maximum atomic E-state index is 12.3. The quantitative estimate of drug-likeness (QED) is 0.695. The van der Waals surface area contributed by atoms with Crippen molar-refractivity contribution in [1.82, 2.24) is 20.0 Å². The normalized spacial score (nSPS) is 10.9. The van der Waals surface area contributed by atoms with E-state index in [4.69, 9.17) is 10.5 Å². The molecule has 0 aliphatic carbocycles. The minimum absolute atomic E-state index is 0.0972. The van der Waals surface area contributed by atoms with Crippen molar-refractivity contribution < 1.29 is 9.53 Å². The summed E-state index contributed by atoms with van der Waals surface area (Å²) in [5.41, 5.74) is 5.93. The number of nitrogen functional groups attached to an aromatic ring is 1. The van der Waals surface area contributed by atoms with Gasteiger partial charge < -0.3 is 20.3 Å². The third-order valence-electron chi connectivity index (χ3n) is 2.71. The Hall–Kier alpha value is -1.60. The molecule has 3 N–H and O–H groups in total. The molecule has 0 saturated heterocycles. The summed E-state index contributed by atoms with van der Waals surface area (Å²) in [7, 11) is 5.64. The van der Waals surface area contributed by atoms with Crippen LogP contribution in [0.2, 0.25) is 0 Å². The first-order valence-electron chi connectivity index (χ1n) is 6.28. The largest absolute Gasteiger partial charge is 0.383 e. The number of carbonyl (C=O) groups is 1. The molecule has 1 heterocycles. The van der Waals surface area contributed by atoms with E-state index in [9.17, 15) is 4.79 Å². The van der Waals surface area contributed by atoms with Gasteiger partial charge in [0.2, 0.25) is 0 Å². The average molecular weight is 269 g/mol. The van der Waals surface area contributed by atoms with Gasteiger partial charge in [0.05, 0.1) is 6.61 Å². The summed E-state index contributed by atoms with van der Waals surface area (Å²) < 4.78 is 5.04. The molecule has 0 saturated carbocycles. The van der Waals surface area contributed by atoms with Gasteiger partial charge in [-0.05, 0) is 27.1 Å². The van der Waals surface area contributed by atoms with Gasteiger partial charge in [0, 0.05) is 26.3 Å². The Kier molecular flexibility index (Phi) is 6.31. The van der Waals surface area contributed by atoms with Gasteiger partial charge in [0.15, 0.2) is 0 Å². The predicted molar refractivity (Wildman–Crippen MR) is 74.0 cm³/mol. The van der Waals surface area contributed by atoms with Gasteiger partial charge in [0.1, 0.15) is 11.5 Å². The fourth-order valence-electron chi connectivity index (χ4n) is 1.71. The van der Waals surface area contributed by atoms with E-state index in [0.717, 1.165) is 13.0 Å². The van der Waals surface area contributed by atoms with Crippen molar-refractivity contribution in [2.45, 2.75) is 6.42 Å². The predicted octanol–water partition coefficient (Wildman–Crippen LogP) is 0.0322. The van der Waals surface area contributed by atoms with Crippen LogP contribution in [0.3, 0.4) is 0 Å². The minimum atomic E-state index is -0.0972. The number of amides is 1. The van der Waals surface area contributed by atoms with Crippen molar-refractivity contribution in [3.63, 3.8) is 0 Å². The zero-order chi connectivity index (χ0) is 14.3. The minimum Gasteiger partial charge on any atom is -0.383 e. The lowest BCUT2D eigenvalue weighted by Gasteiger charge is -2.22. The SMILES string of the molecule is COCCN(CCCN(C)C)C(=O)c1cc(N)n[nH]1. The molecule has 0 aliphatic rings. The zero-order valence-corrected chi connectivity index (χ0v) is 11.8. The number of rotatable bonds is 8. The second-order valence-corrected chi connectivity index (χ2v) is 4.65. The maximum absolute atomic E-state index is 12.3. The summed E-state index contributed by atoms with van der Waals surface area (Å²) >= 11 is 0. The number of hydrogen-bond donors (Lipinski definition) is 2. The van der Waals surface area contributed by atoms with Crippen LogP contribution in [0.15, 0.2) is 6.07 Å². The van der Waals surface area contributed by atoms with Crippen molar-refractivity contribution in [1.29, 1.82) is 0 Å². The highest BCUT2D eigenvalue weighted by Crippen LogP contribution is 2.06. The van der Waals surface area contributed by atoms with Gasteiger partial charge in [-0.25, -0.2) is 0 Å². The van der Waals surface area contributed by atoms with Crippen LogP contribution in [0, 0.1) is 0 Å². The number of methoxy groups -OCH3 is 1. The van der Waals surface area contributed by atoms with Crippen LogP contribution in [0.4, 0.5) is 5.82 Å². The lowest BCUT2D eigenvalue weighted by atomic mass is 10.3. The molecule has 19 heavy (non-hydrogen) atoms. The van der Waals surface area contributed by atoms with E-state index in [-0.39, 0.29) is 5.91 Å². The highest BCUT2D eigenvalue weighted by Gasteiger charge is 2.17. The van der Waals surface area contributed by atoms with E-state index in [2.05, 4.69) is 15.1 Å². The van der Waals surface area contributed by atoms with E-state index >= 15 is 0 Å². The molecule has 1 amide bonds. The Morgan fingerprint density at radius 3 is 2.68 bits per heavy atom. The third-order valence-corrected chi connectivity index (χ3v) is 2.71. The molecular weight excluding hydrogens is 246 g/mol. The van der Waals surface area contributed by atoms with Crippen LogP contribution < -0.4 is 5.73 Å². The second kappa shape index (κ2) is 7.75. The summed E-state index contributed by atoms with van der Waals surface area (Å²) in [6.07, 6.45) is 0.909. The van der Waals surface area contributed by atoms with Crippen LogP contribution >= 0.6 is 0 Å². The molecule has 7 heteroatoms. The number of nitrogens with one attached hydrogen (secondary N) is 1. The molecule has 0 fully saturated rings. The smallest absolute Gasteiger partial charge is 0.272 e. The number of ether oxygens (including phenoxy) is 1. The molecule has 0 spiro atoms. The van der Waals surface area contributed by atoms with Crippen molar-refractivity contribution in [2.24, 2.45) is 0 Å². The number of anilines is 1. The van der Waals surface area contributed by atoms with Crippen LogP contribution in [0.5, 0.6) is 0 Å². The van der Waals surface area contributed by atoms with Crippen LogP contribution in [-0.2, 0) is 4.74 Å². The van der Waals surface area contributed by atoms with Crippen molar-refractivity contribution in [2.75, 3.05) is 53.2 Å². The van der Waals surface area contributed by atoms with Crippen LogP contribution in [-0.4, -0.2) is 73.4 Å². The molecule has 108 valence electrons. The molecule has 1 aromatic rings. The standard InChI is InChI=1S/C12H23N5O2/c1-16(2)5-4-6-17(7-8-19-3)12(18)10-9-11(13)15-14-10/h9H,4-8H2,1-3H3,(H3,13,14,15). The molecule has 1 aromatic heterocycles. The lowest BCUT2D eigenvalue weighted by molar-refractivity contribution is 0.0683. The van der Waals surface area contributed by atoms with E-state index in [1.165, 1.54) is 0 Å². The fraction of sp³-hybridized carbons (Fsp3) is 0.667. The fourth-order valence-corrected chi connectivity index (χ4v) is 1.71. The Morgan fingerprint density at radius 1 is 1.42 bits per heavy atom. The molecule has 7 nitrogen and oxygen atoms in total. The van der Waals surface area contributed by atoms with Gasteiger partial charge in [-0.2, -0.15) is 5.10 Å². The number of nitrogens with two attached hydrogens (primary N) is 1.